The van der Waals surface area contributed by atoms with Crippen molar-refractivity contribution >= 4 is 17.4 Å². The maximum atomic E-state index is 14.6. The van der Waals surface area contributed by atoms with Crippen LogP contribution in [0, 0.1) is 29.6 Å². The fourth-order valence-corrected chi connectivity index (χ4v) is 4.09. The van der Waals surface area contributed by atoms with Crippen molar-refractivity contribution in [2.24, 2.45) is 0 Å². The van der Waals surface area contributed by atoms with Crippen LogP contribution in [0.5, 0.6) is 0 Å². The summed E-state index contributed by atoms with van der Waals surface area (Å²) in [7, 11) is 0. The van der Waals surface area contributed by atoms with Gasteiger partial charge in [0.1, 0.15) is 23.6 Å². The predicted octanol–water partition coefficient (Wildman–Crippen LogP) is 3.00. The van der Waals surface area contributed by atoms with E-state index in [1.54, 1.807) is 6.07 Å². The van der Waals surface area contributed by atoms with Gasteiger partial charge in [-0.1, -0.05) is 17.7 Å². The quantitative estimate of drug-likeness (QED) is 0.579. The second-order valence-electron chi connectivity index (χ2n) is 7.57. The first-order valence-corrected chi connectivity index (χ1v) is 10.0. The molecule has 0 saturated carbocycles. The van der Waals surface area contributed by atoms with Gasteiger partial charge in [-0.15, -0.1) is 0 Å². The summed E-state index contributed by atoms with van der Waals surface area (Å²) in [6.45, 7) is 4.02. The highest BCUT2D eigenvalue weighted by Gasteiger charge is 2.42. The second-order valence-corrected chi connectivity index (χ2v) is 7.92. The number of aromatic nitrogens is 2. The minimum Gasteiger partial charge on any atom is -0.374 e. The van der Waals surface area contributed by atoms with Gasteiger partial charge < -0.3 is 10.1 Å². The third-order valence-electron chi connectivity index (χ3n) is 5.58. The summed E-state index contributed by atoms with van der Waals surface area (Å²) in [5.41, 5.74) is 2.90. The molecule has 2 aliphatic heterocycles. The zero-order valence-corrected chi connectivity index (χ0v) is 17.3. The SMILES string of the molecule is Cc1nc(C2(F)COC2)ccc1CN1CCc2c(C#N)c(Cl)nc(NCC#N)c2C1. The average molecular weight is 427 g/mol. The number of hydrogen-bond donors (Lipinski definition) is 1. The van der Waals surface area contributed by atoms with Crippen molar-refractivity contribution in [1.82, 2.24) is 14.9 Å². The van der Waals surface area contributed by atoms with Crippen molar-refractivity contribution in [1.29, 1.82) is 10.5 Å². The van der Waals surface area contributed by atoms with Crippen molar-refractivity contribution in [3.8, 4) is 12.1 Å². The van der Waals surface area contributed by atoms with E-state index in [1.807, 2.05) is 19.1 Å². The Hall–Kier alpha value is -2.78. The molecule has 0 radical (unpaired) electrons. The normalized spacial score (nSPS) is 17.4. The third-order valence-corrected chi connectivity index (χ3v) is 5.86. The number of fused-ring (bicyclic) bond motifs is 1. The Balaban J connectivity index is 1.57. The fourth-order valence-electron chi connectivity index (χ4n) is 3.85. The van der Waals surface area contributed by atoms with Crippen LogP contribution in [0.15, 0.2) is 12.1 Å². The molecular formula is C21H20ClFN6O. The molecule has 2 aromatic heterocycles. The van der Waals surface area contributed by atoms with E-state index < -0.39 is 5.67 Å². The number of nitrogens with zero attached hydrogens (tertiary/aromatic N) is 5. The second kappa shape index (κ2) is 8.16. The molecule has 0 aromatic carbocycles. The standard InChI is InChI=1S/C21H20ClFN6O/c1-13-14(2-3-18(27-13)21(23)11-30-12-21)9-29-7-4-15-16(8-25)19(22)28-20(17(15)10-29)26-6-5-24/h2-3H,4,6-7,9-12H2,1H3,(H,26,28). The molecule has 4 rings (SSSR count). The highest BCUT2D eigenvalue weighted by Crippen LogP contribution is 2.34. The molecular weight excluding hydrogens is 407 g/mol. The van der Waals surface area contributed by atoms with Crippen molar-refractivity contribution in [2.45, 2.75) is 32.1 Å². The van der Waals surface area contributed by atoms with Gasteiger partial charge in [-0.2, -0.15) is 10.5 Å². The number of rotatable bonds is 5. The molecule has 0 unspecified atom stereocenters. The van der Waals surface area contributed by atoms with E-state index in [2.05, 4.69) is 26.3 Å². The first kappa shape index (κ1) is 20.5. The molecule has 0 bridgehead atoms. The predicted molar refractivity (Wildman–Crippen MR) is 108 cm³/mol. The summed E-state index contributed by atoms with van der Waals surface area (Å²) in [6.07, 6.45) is 0.650. The number of nitriles is 2. The van der Waals surface area contributed by atoms with Crippen molar-refractivity contribution < 1.29 is 9.13 Å². The van der Waals surface area contributed by atoms with Crippen LogP contribution in [0.3, 0.4) is 0 Å². The number of hydrogen-bond acceptors (Lipinski definition) is 7. The Morgan fingerprint density at radius 2 is 2.10 bits per heavy atom. The first-order chi connectivity index (χ1) is 14.4. The number of alkyl halides is 1. The largest absolute Gasteiger partial charge is 0.374 e. The van der Waals surface area contributed by atoms with E-state index in [0.29, 0.717) is 36.6 Å². The van der Waals surface area contributed by atoms with Crippen LogP contribution in [-0.2, 0) is 29.9 Å². The van der Waals surface area contributed by atoms with Crippen molar-refractivity contribution in [3.05, 3.63) is 50.9 Å². The maximum Gasteiger partial charge on any atom is 0.198 e. The number of nitrogens with one attached hydrogen (secondary N) is 1. The molecule has 9 heteroatoms. The monoisotopic (exact) mass is 426 g/mol. The Morgan fingerprint density at radius 1 is 1.30 bits per heavy atom. The van der Waals surface area contributed by atoms with Gasteiger partial charge in [-0.25, -0.2) is 9.37 Å². The van der Waals surface area contributed by atoms with Gasteiger partial charge in [0.15, 0.2) is 5.67 Å². The Morgan fingerprint density at radius 3 is 2.73 bits per heavy atom. The van der Waals surface area contributed by atoms with Crippen molar-refractivity contribution in [3.63, 3.8) is 0 Å². The highest BCUT2D eigenvalue weighted by atomic mass is 35.5. The van der Waals surface area contributed by atoms with Gasteiger partial charge in [0.05, 0.1) is 30.5 Å². The number of anilines is 1. The molecule has 2 aromatic rings. The minimum atomic E-state index is -1.48. The molecule has 2 aliphatic rings. The van der Waals surface area contributed by atoms with Gasteiger partial charge >= 0.3 is 0 Å². The lowest BCUT2D eigenvalue weighted by molar-refractivity contribution is -0.137. The molecule has 1 saturated heterocycles. The van der Waals surface area contributed by atoms with Crippen LogP contribution < -0.4 is 5.32 Å². The smallest absolute Gasteiger partial charge is 0.198 e. The van der Waals surface area contributed by atoms with Gasteiger partial charge in [0.2, 0.25) is 0 Å². The van der Waals surface area contributed by atoms with Crippen LogP contribution >= 0.6 is 11.6 Å². The molecule has 1 fully saturated rings. The summed E-state index contributed by atoms with van der Waals surface area (Å²) >= 11 is 6.18. The number of halogens is 2. The molecule has 1 N–H and O–H groups in total. The summed E-state index contributed by atoms with van der Waals surface area (Å²) < 4.78 is 19.5. The summed E-state index contributed by atoms with van der Waals surface area (Å²) in [5.74, 6) is 0.537. The molecule has 30 heavy (non-hydrogen) atoms. The lowest BCUT2D eigenvalue weighted by Crippen LogP contribution is -2.43. The lowest BCUT2D eigenvalue weighted by Gasteiger charge is -2.34. The zero-order chi connectivity index (χ0) is 21.3. The van der Waals surface area contributed by atoms with Gasteiger partial charge in [0.25, 0.3) is 0 Å². The van der Waals surface area contributed by atoms with Gasteiger partial charge in [-0.3, -0.25) is 9.88 Å². The Kier molecular flexibility index (Phi) is 5.57. The van der Waals surface area contributed by atoms with E-state index in [4.69, 9.17) is 21.6 Å². The van der Waals surface area contributed by atoms with Crippen LogP contribution in [0.1, 0.15) is 33.6 Å². The van der Waals surface area contributed by atoms with Crippen molar-refractivity contribution in [2.75, 3.05) is 31.6 Å². The topological polar surface area (TPSA) is 97.9 Å². The average Bonchev–Trinajstić information content (AvgIpc) is 2.72. The zero-order valence-electron chi connectivity index (χ0n) is 16.5. The van der Waals surface area contributed by atoms with Gasteiger partial charge in [-0.05, 0) is 30.5 Å². The summed E-state index contributed by atoms with van der Waals surface area (Å²) in [4.78, 5) is 11.0. The Bertz CT molecular complexity index is 1070. The van der Waals surface area contributed by atoms with Crippen LogP contribution in [0.2, 0.25) is 5.15 Å². The fraction of sp³-hybridized carbons (Fsp3) is 0.429. The molecule has 154 valence electrons. The molecule has 4 heterocycles. The lowest BCUT2D eigenvalue weighted by atomic mass is 9.95. The number of aryl methyl sites for hydroxylation is 1. The van der Waals surface area contributed by atoms with E-state index >= 15 is 0 Å². The number of pyridine rings is 2. The third kappa shape index (κ3) is 3.70. The maximum absolute atomic E-state index is 14.6. The van der Waals surface area contributed by atoms with Crippen LogP contribution in [0.4, 0.5) is 10.2 Å². The highest BCUT2D eigenvalue weighted by molar-refractivity contribution is 6.30. The molecule has 0 amide bonds. The van der Waals surface area contributed by atoms with Crippen LogP contribution in [-0.4, -0.2) is 41.2 Å². The van der Waals surface area contributed by atoms with E-state index in [9.17, 15) is 9.65 Å². The minimum absolute atomic E-state index is 0.0525. The van der Waals surface area contributed by atoms with E-state index in [1.165, 1.54) is 0 Å². The summed E-state index contributed by atoms with van der Waals surface area (Å²) in [5, 5.41) is 21.5. The number of ether oxygens (including phenoxy) is 1. The Labute approximate surface area is 179 Å². The molecule has 0 atom stereocenters. The van der Waals surface area contributed by atoms with Crippen LogP contribution in [0.25, 0.3) is 0 Å². The molecule has 0 aliphatic carbocycles. The first-order valence-electron chi connectivity index (χ1n) is 9.63. The molecule has 0 spiro atoms. The van der Waals surface area contributed by atoms with E-state index in [0.717, 1.165) is 28.9 Å². The summed E-state index contributed by atoms with van der Waals surface area (Å²) in [6, 6.07) is 7.84. The van der Waals surface area contributed by atoms with Gasteiger partial charge in [0, 0.05) is 30.9 Å². The van der Waals surface area contributed by atoms with E-state index in [-0.39, 0.29) is 24.9 Å². The molecule has 7 nitrogen and oxygen atoms in total.